The van der Waals surface area contributed by atoms with Crippen LogP contribution in [-0.2, 0) is 9.57 Å². The number of nitrogens with one attached hydrogen (secondary N) is 1. The van der Waals surface area contributed by atoms with Gasteiger partial charge >= 0.3 is 18.0 Å². The lowest BCUT2D eigenvalue weighted by molar-refractivity contribution is -0.00902. The van der Waals surface area contributed by atoms with Gasteiger partial charge in [0.15, 0.2) is 0 Å². The Hall–Kier alpha value is -3.21. The van der Waals surface area contributed by atoms with E-state index in [4.69, 9.17) is 19.8 Å². The maximum atomic E-state index is 11.5. The molecular weight excluding hydrogens is 372 g/mol. The van der Waals surface area contributed by atoms with Crippen molar-refractivity contribution < 1.29 is 34.2 Å². The molecule has 1 aliphatic heterocycles. The van der Waals surface area contributed by atoms with Crippen molar-refractivity contribution in [2.75, 3.05) is 18.2 Å². The van der Waals surface area contributed by atoms with E-state index in [1.807, 2.05) is 0 Å². The Bertz CT molecular complexity index is 756. The molecule has 11 heteroatoms. The van der Waals surface area contributed by atoms with Crippen LogP contribution in [0.5, 0.6) is 0 Å². The molecule has 0 spiro atoms. The molecule has 1 aliphatic rings. The summed E-state index contributed by atoms with van der Waals surface area (Å²) in [7, 11) is 0. The molecule has 1 heterocycles. The summed E-state index contributed by atoms with van der Waals surface area (Å²) in [5, 5.41) is 27.7. The summed E-state index contributed by atoms with van der Waals surface area (Å²) < 4.78 is 5.02. The van der Waals surface area contributed by atoms with Crippen LogP contribution in [0.2, 0.25) is 0 Å². The number of anilines is 1. The maximum absolute atomic E-state index is 11.5. The zero-order valence-electron chi connectivity index (χ0n) is 15.7. The van der Waals surface area contributed by atoms with E-state index in [1.165, 1.54) is 17.1 Å². The van der Waals surface area contributed by atoms with Crippen molar-refractivity contribution in [3.63, 3.8) is 0 Å². The maximum Gasteiger partial charge on any atom is 0.431 e. The average molecular weight is 394 g/mol. The first-order chi connectivity index (χ1) is 13.0. The first kappa shape index (κ1) is 21.1. The van der Waals surface area contributed by atoms with Gasteiger partial charge in [-0.1, -0.05) is 5.22 Å². The normalized spacial score (nSPS) is 16.1. The molecule has 28 heavy (non-hydrogen) atoms. The molecule has 1 aromatic carbocycles. The Morgan fingerprint density at radius 2 is 1.79 bits per heavy atom. The second-order valence-electron chi connectivity index (χ2n) is 7.06. The minimum absolute atomic E-state index is 0.154. The Morgan fingerprint density at radius 1 is 1.18 bits per heavy atom. The number of amides is 1. The molecule has 0 fully saturated rings. The number of hydrogen-bond acceptors (Lipinski definition) is 8. The van der Waals surface area contributed by atoms with Crippen LogP contribution in [-0.4, -0.2) is 53.0 Å². The van der Waals surface area contributed by atoms with E-state index in [1.54, 1.807) is 20.8 Å². The molecule has 1 unspecified atom stereocenters. The second kappa shape index (κ2) is 8.65. The van der Waals surface area contributed by atoms with Crippen LogP contribution in [0.15, 0.2) is 28.5 Å². The number of carbonyl (C=O) groups is 3. The highest BCUT2D eigenvalue weighted by atomic mass is 16.7. The highest BCUT2D eigenvalue weighted by Crippen LogP contribution is 2.24. The number of hydroxylamine groups is 1. The summed E-state index contributed by atoms with van der Waals surface area (Å²) in [6.07, 6.45) is -0.269. The molecule has 0 aliphatic carbocycles. The largest absolute Gasteiger partial charge is 0.478 e. The minimum atomic E-state index is -1.24. The molecule has 3 N–H and O–H groups in total. The molecule has 1 aromatic rings. The fourth-order valence-electron chi connectivity index (χ4n) is 2.33. The Kier molecular flexibility index (Phi) is 6.52. The molecular formula is C17H22N4O7. The van der Waals surface area contributed by atoms with Gasteiger partial charge in [0, 0.05) is 0 Å². The third-order valence-electron chi connectivity index (χ3n) is 3.52. The van der Waals surface area contributed by atoms with E-state index >= 15 is 0 Å². The van der Waals surface area contributed by atoms with Crippen molar-refractivity contribution >= 4 is 23.7 Å². The van der Waals surface area contributed by atoms with Crippen LogP contribution in [0.25, 0.3) is 0 Å². The summed E-state index contributed by atoms with van der Waals surface area (Å²) in [5.74, 6) is -2.47. The predicted molar refractivity (Wildman–Crippen MR) is 96.3 cm³/mol. The highest BCUT2D eigenvalue weighted by Gasteiger charge is 2.23. The Morgan fingerprint density at radius 3 is 2.32 bits per heavy atom. The van der Waals surface area contributed by atoms with Gasteiger partial charge in [-0.3, -0.25) is 4.84 Å². The average Bonchev–Trinajstić information content (AvgIpc) is 3.05. The number of benzene rings is 1. The lowest BCUT2D eigenvalue weighted by Crippen LogP contribution is -2.33. The fourth-order valence-corrected chi connectivity index (χ4v) is 2.33. The number of carboxylic acid groups (broad SMARTS) is 2. The third kappa shape index (κ3) is 6.20. The molecule has 1 atom stereocenters. The number of aromatic carboxylic acids is 2. The van der Waals surface area contributed by atoms with Crippen molar-refractivity contribution in [2.24, 2.45) is 10.3 Å². The number of hydrogen-bond donors (Lipinski definition) is 3. The van der Waals surface area contributed by atoms with Gasteiger partial charge < -0.3 is 14.9 Å². The molecule has 0 bridgehead atoms. The first-order valence-electron chi connectivity index (χ1n) is 8.46. The lowest BCUT2D eigenvalue weighted by atomic mass is 10.1. The molecule has 2 rings (SSSR count). The summed E-state index contributed by atoms with van der Waals surface area (Å²) in [4.78, 5) is 38.9. The lowest BCUT2D eigenvalue weighted by Gasteiger charge is -2.19. The van der Waals surface area contributed by atoms with Gasteiger partial charge in [-0.25, -0.2) is 19.4 Å². The summed E-state index contributed by atoms with van der Waals surface area (Å²) in [6.45, 7) is 5.67. The summed E-state index contributed by atoms with van der Waals surface area (Å²) in [5.41, 5.74) is 1.54. The molecule has 11 nitrogen and oxygen atoms in total. The first-order valence-corrected chi connectivity index (χ1v) is 8.46. The SMILES string of the molecule is CC(C)(C)OC(=O)NOCCC1CN(c2cc(C(=O)O)cc(C(=O)O)c2)N=N1. The fraction of sp³-hybridized carbons (Fsp3) is 0.471. The van der Waals surface area contributed by atoms with E-state index in [9.17, 15) is 14.4 Å². The monoisotopic (exact) mass is 394 g/mol. The van der Waals surface area contributed by atoms with Gasteiger partial charge in [0.2, 0.25) is 0 Å². The van der Waals surface area contributed by atoms with Crippen molar-refractivity contribution in [1.29, 1.82) is 0 Å². The summed E-state index contributed by atoms with van der Waals surface area (Å²) >= 11 is 0. The van der Waals surface area contributed by atoms with Crippen molar-refractivity contribution in [3.8, 4) is 0 Å². The minimum Gasteiger partial charge on any atom is -0.478 e. The van der Waals surface area contributed by atoms with E-state index in [0.29, 0.717) is 18.7 Å². The van der Waals surface area contributed by atoms with Gasteiger partial charge in [0.05, 0.1) is 36.0 Å². The van der Waals surface area contributed by atoms with Crippen molar-refractivity contribution in [1.82, 2.24) is 5.48 Å². The van der Waals surface area contributed by atoms with E-state index in [2.05, 4.69) is 15.8 Å². The number of carbonyl (C=O) groups excluding carboxylic acids is 1. The number of rotatable bonds is 7. The smallest absolute Gasteiger partial charge is 0.431 e. The molecule has 0 saturated carbocycles. The van der Waals surface area contributed by atoms with Gasteiger partial charge in [-0.15, -0.1) is 0 Å². The van der Waals surface area contributed by atoms with E-state index in [-0.39, 0.29) is 23.8 Å². The van der Waals surface area contributed by atoms with Crippen LogP contribution < -0.4 is 10.5 Å². The van der Waals surface area contributed by atoms with Crippen LogP contribution in [0.1, 0.15) is 47.9 Å². The van der Waals surface area contributed by atoms with Crippen LogP contribution in [0.3, 0.4) is 0 Å². The van der Waals surface area contributed by atoms with E-state index in [0.717, 1.165) is 6.07 Å². The molecule has 0 radical (unpaired) electrons. The van der Waals surface area contributed by atoms with Gasteiger partial charge in [-0.05, 0) is 45.4 Å². The third-order valence-corrected chi connectivity index (χ3v) is 3.52. The topological polar surface area (TPSA) is 150 Å². The second-order valence-corrected chi connectivity index (χ2v) is 7.06. The van der Waals surface area contributed by atoms with Crippen molar-refractivity contribution in [3.05, 3.63) is 29.3 Å². The standard InChI is InChI=1S/C17H22N4O7/c1-17(2,3)28-16(26)19-27-5-4-12-9-21(20-18-12)13-7-10(14(22)23)6-11(8-13)15(24)25/h6-8,12H,4-5,9H2,1-3H3,(H,19,26)(H,22,23)(H,24,25). The van der Waals surface area contributed by atoms with Crippen LogP contribution in [0.4, 0.5) is 10.5 Å². The Labute approximate surface area is 160 Å². The van der Waals surface area contributed by atoms with E-state index < -0.39 is 23.6 Å². The zero-order valence-corrected chi connectivity index (χ0v) is 15.7. The Balaban J connectivity index is 1.87. The molecule has 0 saturated heterocycles. The number of nitrogens with zero attached hydrogens (tertiary/aromatic N) is 3. The van der Waals surface area contributed by atoms with Crippen LogP contribution in [0, 0.1) is 0 Å². The predicted octanol–water partition coefficient (Wildman–Crippen LogP) is 2.49. The van der Waals surface area contributed by atoms with Gasteiger partial charge in [-0.2, -0.15) is 10.6 Å². The number of carboxylic acids is 2. The quantitative estimate of drug-likeness (QED) is 0.471. The molecule has 0 aromatic heterocycles. The number of ether oxygens (including phenoxy) is 1. The van der Waals surface area contributed by atoms with Crippen LogP contribution >= 0.6 is 0 Å². The van der Waals surface area contributed by atoms with Gasteiger partial charge in [0.25, 0.3) is 0 Å². The molecule has 152 valence electrons. The van der Waals surface area contributed by atoms with Gasteiger partial charge in [0.1, 0.15) is 5.60 Å². The zero-order chi connectivity index (χ0) is 20.9. The summed E-state index contributed by atoms with van der Waals surface area (Å²) in [6, 6.07) is 3.48. The van der Waals surface area contributed by atoms with Crippen molar-refractivity contribution in [2.45, 2.75) is 38.8 Å². The highest BCUT2D eigenvalue weighted by molar-refractivity contribution is 5.95. The molecule has 1 amide bonds.